The largest absolute Gasteiger partial charge is 0.326 e. The molecule has 23 heavy (non-hydrogen) atoms. The van der Waals surface area contributed by atoms with Gasteiger partial charge in [-0.1, -0.05) is 12.1 Å². The second kappa shape index (κ2) is 9.00. The zero-order valence-corrected chi connectivity index (χ0v) is 15.2. The molecule has 7 heteroatoms. The van der Waals surface area contributed by atoms with Crippen molar-refractivity contribution < 1.29 is 13.2 Å². The average Bonchev–Trinajstić information content (AvgIpc) is 2.40. The van der Waals surface area contributed by atoms with E-state index in [1.165, 1.54) is 10.6 Å². The number of carbonyl (C=O) groups is 1. The van der Waals surface area contributed by atoms with Crippen LogP contribution in [0.3, 0.4) is 0 Å². The van der Waals surface area contributed by atoms with Crippen LogP contribution in [-0.4, -0.2) is 63.5 Å². The van der Waals surface area contributed by atoms with E-state index in [0.717, 1.165) is 24.2 Å². The van der Waals surface area contributed by atoms with Gasteiger partial charge >= 0.3 is 0 Å². The highest BCUT2D eigenvalue weighted by molar-refractivity contribution is 7.88. The summed E-state index contributed by atoms with van der Waals surface area (Å²) < 4.78 is 25.0. The number of hydrogen-bond donors (Lipinski definition) is 1. The van der Waals surface area contributed by atoms with Crippen molar-refractivity contribution in [1.82, 2.24) is 9.21 Å². The van der Waals surface area contributed by atoms with Crippen LogP contribution >= 0.6 is 0 Å². The molecule has 0 aliphatic carbocycles. The number of rotatable bonds is 9. The van der Waals surface area contributed by atoms with Crippen LogP contribution in [0, 0.1) is 6.92 Å². The summed E-state index contributed by atoms with van der Waals surface area (Å²) in [6.07, 6.45) is 2.06. The Morgan fingerprint density at radius 2 is 1.87 bits per heavy atom. The monoisotopic (exact) mass is 341 g/mol. The number of nitrogens with zero attached hydrogens (tertiary/aromatic N) is 2. The van der Waals surface area contributed by atoms with Gasteiger partial charge in [0.15, 0.2) is 0 Å². The molecule has 6 nitrogen and oxygen atoms in total. The van der Waals surface area contributed by atoms with Crippen molar-refractivity contribution in [2.75, 3.05) is 45.3 Å². The van der Waals surface area contributed by atoms with E-state index < -0.39 is 10.0 Å². The molecule has 0 bridgehead atoms. The van der Waals surface area contributed by atoms with E-state index in [1.807, 2.05) is 50.2 Å². The van der Waals surface area contributed by atoms with Crippen molar-refractivity contribution in [3.8, 4) is 0 Å². The first-order valence-corrected chi connectivity index (χ1v) is 9.49. The Balaban J connectivity index is 2.51. The Morgan fingerprint density at radius 1 is 1.17 bits per heavy atom. The van der Waals surface area contributed by atoms with Gasteiger partial charge in [-0.05, 0) is 51.7 Å². The molecule has 1 amide bonds. The van der Waals surface area contributed by atoms with Gasteiger partial charge in [-0.15, -0.1) is 0 Å². The third-order valence-electron chi connectivity index (χ3n) is 3.37. The summed E-state index contributed by atoms with van der Waals surface area (Å²) in [4.78, 5) is 14.0. The fraction of sp³-hybridized carbons (Fsp3) is 0.562. The van der Waals surface area contributed by atoms with E-state index in [0.29, 0.717) is 6.54 Å². The van der Waals surface area contributed by atoms with E-state index in [1.54, 1.807) is 0 Å². The molecule has 0 saturated carbocycles. The molecule has 0 fully saturated rings. The highest BCUT2D eigenvalue weighted by atomic mass is 32.2. The van der Waals surface area contributed by atoms with Crippen LogP contribution in [0.15, 0.2) is 24.3 Å². The van der Waals surface area contributed by atoms with E-state index in [-0.39, 0.29) is 18.9 Å². The Kier molecular flexibility index (Phi) is 7.67. The number of benzene rings is 1. The molecule has 0 heterocycles. The first kappa shape index (κ1) is 19.6. The third-order valence-corrected chi connectivity index (χ3v) is 4.68. The maximum atomic E-state index is 12.0. The first-order chi connectivity index (χ1) is 10.7. The van der Waals surface area contributed by atoms with Crippen LogP contribution in [0.5, 0.6) is 0 Å². The van der Waals surface area contributed by atoms with Crippen LogP contribution in [-0.2, 0) is 14.8 Å². The summed E-state index contributed by atoms with van der Waals surface area (Å²) in [6, 6.07) is 7.51. The Hall–Kier alpha value is -1.44. The quantitative estimate of drug-likeness (QED) is 0.740. The highest BCUT2D eigenvalue weighted by Crippen LogP contribution is 2.10. The van der Waals surface area contributed by atoms with Crippen LogP contribution in [0.2, 0.25) is 0 Å². The number of aryl methyl sites for hydroxylation is 1. The van der Waals surface area contributed by atoms with Crippen LogP contribution in [0.4, 0.5) is 5.69 Å². The van der Waals surface area contributed by atoms with Crippen molar-refractivity contribution in [3.05, 3.63) is 29.8 Å². The number of nitrogens with one attached hydrogen (secondary N) is 1. The van der Waals surface area contributed by atoms with Crippen molar-refractivity contribution in [2.45, 2.75) is 19.8 Å². The highest BCUT2D eigenvalue weighted by Gasteiger charge is 2.17. The summed E-state index contributed by atoms with van der Waals surface area (Å²) >= 11 is 0. The fourth-order valence-corrected chi connectivity index (χ4v) is 3.06. The topological polar surface area (TPSA) is 69.7 Å². The number of hydrogen-bond acceptors (Lipinski definition) is 4. The normalized spacial score (nSPS) is 11.9. The summed E-state index contributed by atoms with van der Waals surface area (Å²) in [5.41, 5.74) is 1.79. The maximum absolute atomic E-state index is 12.0. The molecule has 130 valence electrons. The third kappa shape index (κ3) is 8.11. The molecule has 0 radical (unpaired) electrons. The van der Waals surface area contributed by atoms with Gasteiger partial charge in [0, 0.05) is 25.2 Å². The molecule has 0 aromatic heterocycles. The van der Waals surface area contributed by atoms with Gasteiger partial charge in [-0.2, -0.15) is 0 Å². The average molecular weight is 341 g/mol. The summed E-state index contributed by atoms with van der Waals surface area (Å²) in [7, 11) is 0.586. The number of amides is 1. The second-order valence-electron chi connectivity index (χ2n) is 5.99. The first-order valence-electron chi connectivity index (χ1n) is 7.65. The van der Waals surface area contributed by atoms with Crippen LogP contribution < -0.4 is 5.32 Å². The van der Waals surface area contributed by atoms with Crippen molar-refractivity contribution in [2.24, 2.45) is 0 Å². The minimum Gasteiger partial charge on any atom is -0.326 e. The molecule has 1 N–H and O–H groups in total. The molecule has 0 aliphatic rings. The molecule has 1 rings (SSSR count). The fourth-order valence-electron chi connectivity index (χ4n) is 2.18. The van der Waals surface area contributed by atoms with Gasteiger partial charge in [-0.25, -0.2) is 12.7 Å². The van der Waals surface area contributed by atoms with Gasteiger partial charge < -0.3 is 10.2 Å². The maximum Gasteiger partial charge on any atom is 0.225 e. The van der Waals surface area contributed by atoms with Crippen molar-refractivity contribution in [1.29, 1.82) is 0 Å². The Labute approximate surface area is 139 Å². The zero-order valence-electron chi connectivity index (χ0n) is 14.4. The second-order valence-corrected chi connectivity index (χ2v) is 7.97. The van der Waals surface area contributed by atoms with Crippen LogP contribution in [0.1, 0.15) is 18.4 Å². The van der Waals surface area contributed by atoms with E-state index in [4.69, 9.17) is 0 Å². The lowest BCUT2D eigenvalue weighted by atomic mass is 10.2. The molecule has 1 aromatic carbocycles. The Morgan fingerprint density at radius 3 is 2.43 bits per heavy atom. The van der Waals surface area contributed by atoms with Crippen molar-refractivity contribution in [3.63, 3.8) is 0 Å². The smallest absolute Gasteiger partial charge is 0.225 e. The lowest BCUT2D eigenvalue weighted by molar-refractivity contribution is -0.116. The van der Waals surface area contributed by atoms with Gasteiger partial charge in [0.1, 0.15) is 0 Å². The van der Waals surface area contributed by atoms with Crippen LogP contribution in [0.25, 0.3) is 0 Å². The predicted octanol–water partition coefficient (Wildman–Crippen LogP) is 1.54. The lowest BCUT2D eigenvalue weighted by Gasteiger charge is -2.20. The molecule has 0 unspecified atom stereocenters. The summed E-state index contributed by atoms with van der Waals surface area (Å²) in [5, 5.41) is 2.80. The standard InChI is InChI=1S/C16H27N3O3S/c1-14-7-5-8-15(13-14)17-16(20)9-12-19(23(4,21)22)11-6-10-18(2)3/h5,7-8,13H,6,9-12H2,1-4H3,(H,17,20). The molecule has 0 saturated heterocycles. The lowest BCUT2D eigenvalue weighted by Crippen LogP contribution is -2.35. The molecular weight excluding hydrogens is 314 g/mol. The van der Waals surface area contributed by atoms with E-state index >= 15 is 0 Å². The van der Waals surface area contributed by atoms with Crippen molar-refractivity contribution >= 4 is 21.6 Å². The predicted molar refractivity (Wildman–Crippen MR) is 94.0 cm³/mol. The molecule has 0 atom stereocenters. The number of anilines is 1. The summed E-state index contributed by atoms with van der Waals surface area (Å²) in [6.45, 7) is 3.38. The number of carbonyl (C=O) groups excluding carboxylic acids is 1. The van der Waals surface area contributed by atoms with E-state index in [9.17, 15) is 13.2 Å². The van der Waals surface area contributed by atoms with Gasteiger partial charge in [0.25, 0.3) is 0 Å². The van der Waals surface area contributed by atoms with E-state index in [2.05, 4.69) is 5.32 Å². The molecule has 1 aromatic rings. The van der Waals surface area contributed by atoms with Gasteiger partial charge in [0.05, 0.1) is 6.26 Å². The molecule has 0 spiro atoms. The number of sulfonamides is 1. The Bertz CT molecular complexity index is 615. The zero-order chi connectivity index (χ0) is 17.5. The minimum atomic E-state index is -3.30. The van der Waals surface area contributed by atoms with Gasteiger partial charge in [0.2, 0.25) is 15.9 Å². The van der Waals surface area contributed by atoms with Gasteiger partial charge in [-0.3, -0.25) is 4.79 Å². The SMILES string of the molecule is Cc1cccc(NC(=O)CCN(CCCN(C)C)S(C)(=O)=O)c1. The minimum absolute atomic E-state index is 0.142. The molecular formula is C16H27N3O3S. The summed E-state index contributed by atoms with van der Waals surface area (Å²) in [5.74, 6) is -0.183. The molecule has 0 aliphatic heterocycles.